The van der Waals surface area contributed by atoms with Gasteiger partial charge in [0.25, 0.3) is 5.91 Å². The fourth-order valence-electron chi connectivity index (χ4n) is 2.44. The van der Waals surface area contributed by atoms with Gasteiger partial charge in [-0.3, -0.25) is 9.59 Å². The third-order valence-electron chi connectivity index (χ3n) is 3.47. The summed E-state index contributed by atoms with van der Waals surface area (Å²) in [5.41, 5.74) is 7.66. The van der Waals surface area contributed by atoms with Crippen molar-refractivity contribution in [2.24, 2.45) is 5.73 Å². The van der Waals surface area contributed by atoms with Crippen LogP contribution in [0.15, 0.2) is 30.5 Å². The van der Waals surface area contributed by atoms with E-state index in [0.717, 1.165) is 11.1 Å². The predicted molar refractivity (Wildman–Crippen MR) is 69.4 cm³/mol. The number of rotatable bonds is 2. The number of nitrogens with two attached hydrogens (primary N) is 1. The van der Waals surface area contributed by atoms with Crippen molar-refractivity contribution in [1.82, 2.24) is 20.3 Å². The molecule has 0 aliphatic carbocycles. The summed E-state index contributed by atoms with van der Waals surface area (Å²) in [6, 6.07) is 7.04. The summed E-state index contributed by atoms with van der Waals surface area (Å²) < 4.78 is 0. The van der Waals surface area contributed by atoms with Gasteiger partial charge in [0.15, 0.2) is 5.69 Å². The zero-order valence-corrected chi connectivity index (χ0v) is 10.6. The highest BCUT2D eigenvalue weighted by atomic mass is 16.2. The van der Waals surface area contributed by atoms with E-state index in [-0.39, 0.29) is 11.6 Å². The third-order valence-corrected chi connectivity index (χ3v) is 3.47. The standard InChI is InChI=1S/C13H13N5O2/c14-12(19)11-5-8-3-1-2-4-9(8)7-18(11)13(20)10-6-15-17-16-10/h1-4,6,11H,5,7H2,(H2,14,19)(H,15,16,17)/t11-/m0/s1. The van der Waals surface area contributed by atoms with E-state index in [1.165, 1.54) is 11.1 Å². The molecule has 3 N–H and O–H groups in total. The molecule has 7 heteroatoms. The summed E-state index contributed by atoms with van der Waals surface area (Å²) in [5, 5.41) is 9.76. The van der Waals surface area contributed by atoms with Crippen molar-refractivity contribution in [3.63, 3.8) is 0 Å². The van der Waals surface area contributed by atoms with E-state index in [1.54, 1.807) is 0 Å². The van der Waals surface area contributed by atoms with Crippen molar-refractivity contribution >= 4 is 11.8 Å². The summed E-state index contributed by atoms with van der Waals surface area (Å²) in [4.78, 5) is 25.5. The lowest BCUT2D eigenvalue weighted by atomic mass is 9.93. The zero-order valence-electron chi connectivity index (χ0n) is 10.6. The average molecular weight is 271 g/mol. The Bertz CT molecular complexity index is 653. The lowest BCUT2D eigenvalue weighted by Gasteiger charge is -2.34. The molecule has 0 unspecified atom stereocenters. The van der Waals surface area contributed by atoms with Gasteiger partial charge < -0.3 is 10.6 Å². The Labute approximate surface area is 114 Å². The fraction of sp³-hybridized carbons (Fsp3) is 0.231. The zero-order chi connectivity index (χ0) is 14.1. The molecule has 1 atom stereocenters. The van der Waals surface area contributed by atoms with Crippen LogP contribution in [0, 0.1) is 0 Å². The number of hydrogen-bond donors (Lipinski definition) is 2. The van der Waals surface area contributed by atoms with Crippen LogP contribution < -0.4 is 5.73 Å². The Morgan fingerprint density at radius 3 is 2.70 bits per heavy atom. The van der Waals surface area contributed by atoms with Crippen molar-refractivity contribution < 1.29 is 9.59 Å². The average Bonchev–Trinajstić information content (AvgIpc) is 2.99. The lowest BCUT2D eigenvalue weighted by Crippen LogP contribution is -2.51. The molecule has 0 saturated carbocycles. The Kier molecular flexibility index (Phi) is 2.94. The number of aromatic amines is 1. The van der Waals surface area contributed by atoms with Gasteiger partial charge in [-0.2, -0.15) is 15.4 Å². The number of hydrogen-bond acceptors (Lipinski definition) is 4. The number of nitrogens with zero attached hydrogens (tertiary/aromatic N) is 3. The van der Waals surface area contributed by atoms with Crippen molar-refractivity contribution in [3.05, 3.63) is 47.3 Å². The van der Waals surface area contributed by atoms with Crippen LogP contribution in [0.1, 0.15) is 21.6 Å². The van der Waals surface area contributed by atoms with Crippen molar-refractivity contribution in [3.8, 4) is 0 Å². The monoisotopic (exact) mass is 271 g/mol. The molecule has 0 radical (unpaired) electrons. The molecule has 0 saturated heterocycles. The highest BCUT2D eigenvalue weighted by Crippen LogP contribution is 2.24. The second-order valence-electron chi connectivity index (χ2n) is 4.68. The molecule has 1 aliphatic heterocycles. The van der Waals surface area contributed by atoms with Gasteiger partial charge in [0.1, 0.15) is 6.04 Å². The smallest absolute Gasteiger partial charge is 0.277 e. The van der Waals surface area contributed by atoms with Gasteiger partial charge in [0.2, 0.25) is 5.91 Å². The molecule has 3 rings (SSSR count). The Morgan fingerprint density at radius 2 is 2.05 bits per heavy atom. The minimum Gasteiger partial charge on any atom is -0.368 e. The molecular formula is C13H13N5O2. The quantitative estimate of drug-likeness (QED) is 0.792. The molecule has 102 valence electrons. The van der Waals surface area contributed by atoms with Crippen molar-refractivity contribution in [2.45, 2.75) is 19.0 Å². The Morgan fingerprint density at radius 1 is 1.30 bits per heavy atom. The van der Waals surface area contributed by atoms with Crippen LogP contribution in [0.3, 0.4) is 0 Å². The Balaban J connectivity index is 1.96. The topological polar surface area (TPSA) is 105 Å². The molecule has 2 amide bonds. The normalized spacial score (nSPS) is 17.6. The first-order valence-corrected chi connectivity index (χ1v) is 6.19. The largest absolute Gasteiger partial charge is 0.368 e. The summed E-state index contributed by atoms with van der Waals surface area (Å²) in [6.07, 6.45) is 1.76. The van der Waals surface area contributed by atoms with Crippen LogP contribution in [0.5, 0.6) is 0 Å². The second kappa shape index (κ2) is 4.76. The molecule has 0 spiro atoms. The highest BCUT2D eigenvalue weighted by Gasteiger charge is 2.34. The third kappa shape index (κ3) is 2.03. The maximum atomic E-state index is 12.4. The van der Waals surface area contributed by atoms with Crippen LogP contribution in [0.25, 0.3) is 0 Å². The van der Waals surface area contributed by atoms with E-state index in [4.69, 9.17) is 5.73 Å². The van der Waals surface area contributed by atoms with Crippen molar-refractivity contribution in [2.75, 3.05) is 0 Å². The molecule has 1 aliphatic rings. The number of aromatic nitrogens is 3. The molecule has 7 nitrogen and oxygen atoms in total. The van der Waals surface area contributed by atoms with Crippen LogP contribution in [-0.4, -0.2) is 38.2 Å². The number of fused-ring (bicyclic) bond motifs is 1. The number of carbonyl (C=O) groups excluding carboxylic acids is 2. The molecule has 2 aromatic rings. The maximum Gasteiger partial charge on any atom is 0.277 e. The van der Waals surface area contributed by atoms with Crippen LogP contribution in [0.2, 0.25) is 0 Å². The maximum absolute atomic E-state index is 12.4. The van der Waals surface area contributed by atoms with Gasteiger partial charge in [-0.05, 0) is 11.1 Å². The van der Waals surface area contributed by atoms with Gasteiger partial charge in [-0.1, -0.05) is 24.3 Å². The first-order chi connectivity index (χ1) is 9.66. The molecule has 1 aromatic heterocycles. The Hall–Kier alpha value is -2.70. The molecule has 0 fully saturated rings. The van der Waals surface area contributed by atoms with Gasteiger partial charge >= 0.3 is 0 Å². The molecule has 20 heavy (non-hydrogen) atoms. The SMILES string of the molecule is NC(=O)[C@@H]1Cc2ccccc2CN1C(=O)c1cn[nH]n1. The van der Waals surface area contributed by atoms with Gasteiger partial charge in [-0.25, -0.2) is 0 Å². The second-order valence-corrected chi connectivity index (χ2v) is 4.68. The van der Waals surface area contributed by atoms with Crippen LogP contribution in [-0.2, 0) is 17.8 Å². The van der Waals surface area contributed by atoms with E-state index >= 15 is 0 Å². The molecular weight excluding hydrogens is 258 g/mol. The summed E-state index contributed by atoms with van der Waals surface area (Å²) in [6.45, 7) is 0.343. The minimum absolute atomic E-state index is 0.177. The number of nitrogens with one attached hydrogen (secondary N) is 1. The summed E-state index contributed by atoms with van der Waals surface area (Å²) in [7, 11) is 0. The molecule has 1 aromatic carbocycles. The predicted octanol–water partition coefficient (Wildman–Crippen LogP) is -0.143. The van der Waals surface area contributed by atoms with E-state index in [9.17, 15) is 9.59 Å². The van der Waals surface area contributed by atoms with E-state index in [1.807, 2.05) is 24.3 Å². The van der Waals surface area contributed by atoms with Crippen molar-refractivity contribution in [1.29, 1.82) is 0 Å². The van der Waals surface area contributed by atoms with E-state index in [0.29, 0.717) is 13.0 Å². The first-order valence-electron chi connectivity index (χ1n) is 6.19. The number of H-pyrrole nitrogens is 1. The summed E-state index contributed by atoms with van der Waals surface area (Å²) >= 11 is 0. The van der Waals surface area contributed by atoms with E-state index < -0.39 is 11.9 Å². The first kappa shape index (κ1) is 12.3. The molecule has 2 heterocycles. The van der Waals surface area contributed by atoms with Crippen LogP contribution in [0.4, 0.5) is 0 Å². The number of carbonyl (C=O) groups is 2. The van der Waals surface area contributed by atoms with Crippen LogP contribution >= 0.6 is 0 Å². The highest BCUT2D eigenvalue weighted by molar-refractivity contribution is 5.96. The van der Waals surface area contributed by atoms with Gasteiger partial charge in [-0.15, -0.1) is 0 Å². The molecule has 0 bridgehead atoms. The minimum atomic E-state index is -0.658. The van der Waals surface area contributed by atoms with Gasteiger partial charge in [0.05, 0.1) is 6.20 Å². The summed E-state index contributed by atoms with van der Waals surface area (Å²) in [5.74, 6) is -0.867. The lowest BCUT2D eigenvalue weighted by molar-refractivity contribution is -0.122. The van der Waals surface area contributed by atoms with Gasteiger partial charge in [0, 0.05) is 13.0 Å². The number of amides is 2. The number of primary amides is 1. The fourth-order valence-corrected chi connectivity index (χ4v) is 2.44. The van der Waals surface area contributed by atoms with E-state index in [2.05, 4.69) is 15.4 Å². The number of benzene rings is 1.